The maximum Gasteiger partial charge on any atom is 0.108 e. The Kier molecular flexibility index (Phi) is 5.67. The lowest BCUT2D eigenvalue weighted by molar-refractivity contribution is 0.108. The number of hydrogen-bond donors (Lipinski definition) is 1. The lowest BCUT2D eigenvalue weighted by Crippen LogP contribution is -2.54. The Morgan fingerprint density at radius 3 is 2.62 bits per heavy atom. The normalized spacial score (nSPS) is 26.4. The van der Waals surface area contributed by atoms with Gasteiger partial charge in [0, 0.05) is 25.2 Å². The lowest BCUT2D eigenvalue weighted by Gasteiger charge is -2.38. The Morgan fingerprint density at radius 1 is 1.50 bits per heavy atom. The van der Waals surface area contributed by atoms with E-state index in [9.17, 15) is 0 Å². The smallest absolute Gasteiger partial charge is 0.108 e. The Bertz CT molecular complexity index is 324. The first-order chi connectivity index (χ1) is 7.16. The Balaban J connectivity index is 0.00000128. The maximum absolute atomic E-state index is 4.39. The van der Waals surface area contributed by atoms with Crippen molar-refractivity contribution >= 4 is 39.7 Å². The first-order valence-electron chi connectivity index (χ1n) is 5.23. The first-order valence-corrected chi connectivity index (χ1v) is 6.84. The van der Waals surface area contributed by atoms with Gasteiger partial charge in [-0.2, -0.15) is 0 Å². The summed E-state index contributed by atoms with van der Waals surface area (Å²) < 4.78 is 1.12. The fourth-order valence-electron chi connectivity index (χ4n) is 2.00. The molecule has 0 unspecified atom stereocenters. The van der Waals surface area contributed by atoms with E-state index in [0.717, 1.165) is 23.4 Å². The SMILES string of the molecule is C[C@@H]1CNC[C@H](C)N1Cc1ncc(Br)s1.Cl. The average Bonchev–Trinajstić information content (AvgIpc) is 2.58. The molecule has 6 heteroatoms. The second kappa shape index (κ2) is 6.31. The van der Waals surface area contributed by atoms with E-state index < -0.39 is 0 Å². The monoisotopic (exact) mass is 325 g/mol. The van der Waals surface area contributed by atoms with Gasteiger partial charge in [0.2, 0.25) is 0 Å². The standard InChI is InChI=1S/C10H16BrN3S.ClH/c1-7-3-12-4-8(2)14(7)6-10-13-5-9(11)15-10;/h5,7-8,12H,3-4,6H2,1-2H3;1H/t7-,8+;. The zero-order valence-electron chi connectivity index (χ0n) is 9.44. The second-order valence-electron chi connectivity index (χ2n) is 4.09. The van der Waals surface area contributed by atoms with E-state index in [4.69, 9.17) is 0 Å². The van der Waals surface area contributed by atoms with Crippen LogP contribution in [0.15, 0.2) is 9.98 Å². The fraction of sp³-hybridized carbons (Fsp3) is 0.700. The topological polar surface area (TPSA) is 28.2 Å². The van der Waals surface area contributed by atoms with E-state index in [-0.39, 0.29) is 12.4 Å². The van der Waals surface area contributed by atoms with Gasteiger partial charge < -0.3 is 5.32 Å². The van der Waals surface area contributed by atoms with E-state index in [1.165, 1.54) is 5.01 Å². The third-order valence-electron chi connectivity index (χ3n) is 2.85. The molecule has 0 amide bonds. The molecule has 1 N–H and O–H groups in total. The highest BCUT2D eigenvalue weighted by atomic mass is 79.9. The minimum absolute atomic E-state index is 0. The maximum atomic E-state index is 4.39. The van der Waals surface area contributed by atoms with E-state index in [2.05, 4.69) is 45.0 Å². The van der Waals surface area contributed by atoms with E-state index in [1.54, 1.807) is 11.3 Å². The largest absolute Gasteiger partial charge is 0.314 e. The van der Waals surface area contributed by atoms with Gasteiger partial charge in [-0.3, -0.25) is 4.90 Å². The third-order valence-corrected chi connectivity index (χ3v) is 4.32. The van der Waals surface area contributed by atoms with Gasteiger partial charge in [-0.15, -0.1) is 23.7 Å². The quantitative estimate of drug-likeness (QED) is 0.905. The summed E-state index contributed by atoms with van der Waals surface area (Å²) in [5.74, 6) is 0. The van der Waals surface area contributed by atoms with E-state index in [0.29, 0.717) is 12.1 Å². The summed E-state index contributed by atoms with van der Waals surface area (Å²) in [5.41, 5.74) is 0. The van der Waals surface area contributed by atoms with Crippen molar-refractivity contribution in [3.05, 3.63) is 15.0 Å². The summed E-state index contributed by atoms with van der Waals surface area (Å²) in [4.78, 5) is 6.90. The average molecular weight is 327 g/mol. The highest BCUT2D eigenvalue weighted by Crippen LogP contribution is 2.22. The van der Waals surface area contributed by atoms with Gasteiger partial charge in [-0.1, -0.05) is 0 Å². The predicted molar refractivity (Wildman–Crippen MR) is 74.4 cm³/mol. The van der Waals surface area contributed by atoms with Crippen molar-refractivity contribution in [3.8, 4) is 0 Å². The number of thiazole rings is 1. The van der Waals surface area contributed by atoms with Crippen molar-refractivity contribution in [2.75, 3.05) is 13.1 Å². The van der Waals surface area contributed by atoms with E-state index >= 15 is 0 Å². The molecule has 2 atom stereocenters. The second-order valence-corrected chi connectivity index (χ2v) is 6.58. The van der Waals surface area contributed by atoms with Crippen LogP contribution in [0.4, 0.5) is 0 Å². The molecule has 0 aromatic carbocycles. The molecule has 1 aliphatic rings. The minimum Gasteiger partial charge on any atom is -0.314 e. The number of aromatic nitrogens is 1. The molecular formula is C10H17BrClN3S. The van der Waals surface area contributed by atoms with Gasteiger partial charge >= 0.3 is 0 Å². The molecule has 1 saturated heterocycles. The summed E-state index contributed by atoms with van der Waals surface area (Å²) in [5, 5.41) is 4.63. The molecule has 2 heterocycles. The zero-order valence-corrected chi connectivity index (χ0v) is 12.7. The molecule has 1 fully saturated rings. The molecule has 0 saturated carbocycles. The minimum atomic E-state index is 0. The summed E-state index contributed by atoms with van der Waals surface area (Å²) in [6.45, 7) is 7.67. The lowest BCUT2D eigenvalue weighted by atomic mass is 10.1. The fourth-order valence-corrected chi connectivity index (χ4v) is 3.31. The van der Waals surface area contributed by atoms with Gasteiger partial charge in [-0.25, -0.2) is 4.98 Å². The highest BCUT2D eigenvalue weighted by Gasteiger charge is 2.24. The van der Waals surface area contributed by atoms with Crippen LogP contribution in [-0.2, 0) is 6.54 Å². The van der Waals surface area contributed by atoms with Crippen molar-refractivity contribution in [1.82, 2.24) is 15.2 Å². The number of nitrogens with zero attached hydrogens (tertiary/aromatic N) is 2. The molecule has 92 valence electrons. The summed E-state index contributed by atoms with van der Waals surface area (Å²) in [6, 6.07) is 1.19. The molecule has 3 nitrogen and oxygen atoms in total. The van der Waals surface area contributed by atoms with Crippen molar-refractivity contribution in [1.29, 1.82) is 0 Å². The molecule has 2 rings (SSSR count). The Morgan fingerprint density at radius 2 is 2.12 bits per heavy atom. The van der Waals surface area contributed by atoms with Gasteiger partial charge in [0.25, 0.3) is 0 Å². The number of halogens is 2. The highest BCUT2D eigenvalue weighted by molar-refractivity contribution is 9.11. The third kappa shape index (κ3) is 3.40. The number of hydrogen-bond acceptors (Lipinski definition) is 4. The number of rotatable bonds is 2. The number of piperazine rings is 1. The van der Waals surface area contributed by atoms with Crippen molar-refractivity contribution < 1.29 is 0 Å². The molecule has 0 spiro atoms. The predicted octanol–water partition coefficient (Wildman–Crippen LogP) is 2.51. The van der Waals surface area contributed by atoms with Crippen LogP contribution in [0, 0.1) is 0 Å². The summed E-state index contributed by atoms with van der Waals surface area (Å²) in [7, 11) is 0. The molecule has 1 aromatic heterocycles. The van der Waals surface area contributed by atoms with Crippen LogP contribution >= 0.6 is 39.7 Å². The van der Waals surface area contributed by atoms with Crippen LogP contribution in [-0.4, -0.2) is 35.1 Å². The van der Waals surface area contributed by atoms with Gasteiger partial charge in [0.1, 0.15) is 5.01 Å². The van der Waals surface area contributed by atoms with Crippen LogP contribution in [0.25, 0.3) is 0 Å². The van der Waals surface area contributed by atoms with Gasteiger partial charge in [0.15, 0.2) is 0 Å². The Hall–Kier alpha value is 0.320. The first kappa shape index (κ1) is 14.4. The van der Waals surface area contributed by atoms with Crippen molar-refractivity contribution in [2.45, 2.75) is 32.5 Å². The zero-order chi connectivity index (χ0) is 10.8. The van der Waals surface area contributed by atoms with Gasteiger partial charge in [0.05, 0.1) is 16.5 Å². The van der Waals surface area contributed by atoms with Crippen molar-refractivity contribution in [2.24, 2.45) is 0 Å². The molecule has 0 aliphatic carbocycles. The Labute approximate surface area is 115 Å². The molecular weight excluding hydrogens is 310 g/mol. The van der Waals surface area contributed by atoms with Crippen LogP contribution in [0.2, 0.25) is 0 Å². The molecule has 0 radical (unpaired) electrons. The molecule has 1 aromatic rings. The van der Waals surface area contributed by atoms with Gasteiger partial charge in [-0.05, 0) is 29.8 Å². The molecule has 0 bridgehead atoms. The van der Waals surface area contributed by atoms with Crippen LogP contribution < -0.4 is 5.32 Å². The van der Waals surface area contributed by atoms with E-state index in [1.807, 2.05) is 6.20 Å². The van der Waals surface area contributed by atoms with Crippen LogP contribution in [0.1, 0.15) is 18.9 Å². The summed E-state index contributed by atoms with van der Waals surface area (Å²) in [6.07, 6.45) is 1.89. The van der Waals surface area contributed by atoms with Crippen molar-refractivity contribution in [3.63, 3.8) is 0 Å². The van der Waals surface area contributed by atoms with Crippen LogP contribution in [0.5, 0.6) is 0 Å². The van der Waals surface area contributed by atoms with Crippen LogP contribution in [0.3, 0.4) is 0 Å². The number of nitrogens with one attached hydrogen (secondary N) is 1. The molecule has 1 aliphatic heterocycles. The molecule has 16 heavy (non-hydrogen) atoms. The summed E-state index contributed by atoms with van der Waals surface area (Å²) >= 11 is 5.18.